The van der Waals surface area contributed by atoms with Crippen LogP contribution >= 0.6 is 68.0 Å². The van der Waals surface area contributed by atoms with E-state index in [1.54, 1.807) is 74.2 Å². The molecule has 7 aromatic heterocycles. The molecule has 9 heterocycles. The SMILES string of the molecule is COCCOCCCNC(=O)O[C@H](c1ccccc1)[C@@H]1NC(=O)c2nc(sc2C)[C@H](CC(N)=O)NC(=O)c2csc(n2)-c2ccc(-c3nc(C(N)=O)cs3)nc2-c2csc(n2)-c2csc(n2)[C@@H]2[C@@H](C)[C@@H](OC(C)=O)CN2C(=O)NC(=O)c2csc1n2. The molecule has 8 amide bonds. The zero-order chi connectivity index (χ0) is 60.8. The lowest BCUT2D eigenvalue weighted by Gasteiger charge is -2.27. The second-order valence-corrected chi connectivity index (χ2v) is 24.9. The van der Waals surface area contributed by atoms with Gasteiger partial charge in [-0.25, -0.2) is 44.5 Å². The molecule has 26 nitrogen and oxygen atoms in total. The van der Waals surface area contributed by atoms with Gasteiger partial charge >= 0.3 is 18.1 Å². The number of pyridine rings is 1. The molecule has 86 heavy (non-hydrogen) atoms. The summed E-state index contributed by atoms with van der Waals surface area (Å²) in [7, 11) is 1.56. The third kappa shape index (κ3) is 13.8. The molecule has 1 fully saturated rings. The number of fused-ring (bicyclic) bond motifs is 16. The minimum atomic E-state index is -1.33. The number of hydrogen-bond donors (Lipinski definition) is 6. The van der Waals surface area contributed by atoms with Crippen LogP contribution in [-0.2, 0) is 28.5 Å². The fraction of sp³-hybridized carbons (Fsp3) is 0.315. The number of aromatic nitrogens is 7. The van der Waals surface area contributed by atoms with Gasteiger partial charge in [0.05, 0.1) is 44.0 Å². The van der Waals surface area contributed by atoms with Crippen molar-refractivity contribution in [2.45, 2.75) is 63.9 Å². The molecule has 8 aromatic rings. The van der Waals surface area contributed by atoms with Crippen LogP contribution in [-0.4, -0.2) is 134 Å². The summed E-state index contributed by atoms with van der Waals surface area (Å²) in [5.74, 6) is -5.02. The summed E-state index contributed by atoms with van der Waals surface area (Å²) in [5.41, 5.74) is 13.4. The maximum absolute atomic E-state index is 14.8. The number of nitrogens with two attached hydrogens (primary N) is 2. The van der Waals surface area contributed by atoms with Gasteiger partial charge in [-0.15, -0.1) is 68.0 Å². The van der Waals surface area contributed by atoms with Gasteiger partial charge in [0.2, 0.25) is 5.91 Å². The Morgan fingerprint density at radius 1 is 0.721 bits per heavy atom. The van der Waals surface area contributed by atoms with Gasteiger partial charge in [0.1, 0.15) is 82.0 Å². The summed E-state index contributed by atoms with van der Waals surface area (Å²) in [6, 6.07) is 7.79. The Morgan fingerprint density at radius 2 is 1.42 bits per heavy atom. The molecule has 1 aromatic carbocycles. The Bertz CT molecular complexity index is 3860. The first-order valence-electron chi connectivity index (χ1n) is 26.2. The molecule has 32 heteroatoms. The zero-order valence-electron chi connectivity index (χ0n) is 45.9. The van der Waals surface area contributed by atoms with E-state index in [4.69, 9.17) is 50.4 Å². The van der Waals surface area contributed by atoms with Crippen molar-refractivity contribution >= 4 is 116 Å². The van der Waals surface area contributed by atoms with E-state index in [1.807, 2.05) is 0 Å². The molecule has 2 aliphatic heterocycles. The molecule has 2 aliphatic rings. The third-order valence-electron chi connectivity index (χ3n) is 13.4. The van der Waals surface area contributed by atoms with Crippen molar-refractivity contribution in [1.82, 2.24) is 61.1 Å². The molecule has 1 saturated heterocycles. The van der Waals surface area contributed by atoms with Gasteiger partial charge in [-0.2, -0.15) is 0 Å². The summed E-state index contributed by atoms with van der Waals surface area (Å²) in [6.07, 6.45) is -2.96. The van der Waals surface area contributed by atoms with Crippen molar-refractivity contribution in [2.75, 3.05) is 40.0 Å². The van der Waals surface area contributed by atoms with Crippen LogP contribution in [0.2, 0.25) is 0 Å². The van der Waals surface area contributed by atoms with Crippen molar-refractivity contribution in [3.63, 3.8) is 0 Å². The number of hydrogen-bond acceptors (Lipinski definition) is 25. The highest BCUT2D eigenvalue weighted by Gasteiger charge is 2.46. The fourth-order valence-corrected chi connectivity index (χ4v) is 14.6. The predicted molar refractivity (Wildman–Crippen MR) is 318 cm³/mol. The van der Waals surface area contributed by atoms with Crippen LogP contribution in [0.15, 0.2) is 69.4 Å². The van der Waals surface area contributed by atoms with Gasteiger partial charge in [0.15, 0.2) is 6.10 Å². The minimum Gasteiger partial charge on any atom is -0.460 e. The van der Waals surface area contributed by atoms with E-state index in [0.29, 0.717) is 85.1 Å². The number of carbonyl (C=O) groups excluding carboxylic acids is 8. The number of nitrogens with zero attached hydrogens (tertiary/aromatic N) is 8. The van der Waals surface area contributed by atoms with Crippen molar-refractivity contribution in [2.24, 2.45) is 17.4 Å². The molecule has 0 radical (unpaired) electrons. The van der Waals surface area contributed by atoms with Crippen LogP contribution < -0.4 is 32.7 Å². The highest BCUT2D eigenvalue weighted by molar-refractivity contribution is 7.15. The Morgan fingerprint density at radius 3 is 2.17 bits per heavy atom. The highest BCUT2D eigenvalue weighted by atomic mass is 32.1. The standard InChI is InChI=1S/C54H52N14O12S6/c1-24-36(79-26(3)69)18-68-41(24)52-64-35(23-85-52)49-60-31(19-82-49)39-28(11-12-29(58-39)48-61-32(20-83-48)43(56)71)47-62-33(21-81-47)44(72)59-30(17-37(55)70)50-66-38(25(2)86-50)46(74)65-40(51-63-34(22-84-51)45(73)67-53(68)75)42(27-9-6-5-7-10-27)80-54(76)57-13-8-14-78-16-15-77-4/h5-7,9-12,19-24,30,36,40-42H,8,13-18H2,1-4H3,(H2,55,70)(H2,56,71)(H,57,76)(H,59,72)(H,65,74)(H,67,73,75)/t24-,30-,36-,40-,41-,42+/m0/s1. The van der Waals surface area contributed by atoms with Crippen molar-refractivity contribution in [3.8, 4) is 43.4 Å². The second-order valence-electron chi connectivity index (χ2n) is 19.3. The Labute approximate surface area is 513 Å². The molecule has 446 valence electrons. The van der Waals surface area contributed by atoms with Crippen LogP contribution in [0.4, 0.5) is 9.59 Å². The van der Waals surface area contributed by atoms with E-state index in [1.165, 1.54) is 50.6 Å². The smallest absolute Gasteiger partial charge is 0.407 e. The summed E-state index contributed by atoms with van der Waals surface area (Å²) >= 11 is 6.73. The van der Waals surface area contributed by atoms with Crippen LogP contribution in [0.1, 0.15) is 118 Å². The average Bonchev–Trinajstić information content (AvgIpc) is 2.01. The van der Waals surface area contributed by atoms with Gasteiger partial charge in [-0.1, -0.05) is 37.3 Å². The maximum Gasteiger partial charge on any atom is 0.407 e. The van der Waals surface area contributed by atoms with Crippen LogP contribution in [0.3, 0.4) is 0 Å². The normalized spacial score (nSPS) is 18.3. The molecule has 0 aliphatic carbocycles. The van der Waals surface area contributed by atoms with Crippen molar-refractivity contribution < 1.29 is 57.3 Å². The number of alkyl carbamates (subject to hydrolysis) is 1. The van der Waals surface area contributed by atoms with Crippen LogP contribution in [0.25, 0.3) is 43.4 Å². The number of benzene rings is 1. The molecular formula is C54H52N14O12S6. The largest absolute Gasteiger partial charge is 0.460 e. The number of esters is 1. The maximum atomic E-state index is 14.8. The quantitative estimate of drug-likeness (QED) is 0.0443. The first-order chi connectivity index (χ1) is 41.4. The lowest BCUT2D eigenvalue weighted by molar-refractivity contribution is -0.147. The summed E-state index contributed by atoms with van der Waals surface area (Å²) in [4.78, 5) is 144. The number of carbonyl (C=O) groups is 8. The third-order valence-corrected chi connectivity index (χ3v) is 18.9. The van der Waals surface area contributed by atoms with E-state index in [9.17, 15) is 38.4 Å². The predicted octanol–water partition coefficient (Wildman–Crippen LogP) is 7.02. The Balaban J connectivity index is 1.05. The van der Waals surface area contributed by atoms with Crippen LogP contribution in [0.5, 0.6) is 0 Å². The fourth-order valence-electron chi connectivity index (χ4n) is 9.25. The zero-order valence-corrected chi connectivity index (χ0v) is 50.8. The Kier molecular flexibility index (Phi) is 19.0. The molecular weight excluding hydrogens is 1230 g/mol. The lowest BCUT2D eigenvalue weighted by atomic mass is 10.0. The highest BCUT2D eigenvalue weighted by Crippen LogP contribution is 2.43. The second kappa shape index (κ2) is 26.9. The average molecular weight is 1280 g/mol. The van der Waals surface area contributed by atoms with Gasteiger partial charge < -0.3 is 51.3 Å². The van der Waals surface area contributed by atoms with E-state index in [0.717, 1.165) is 45.3 Å². The minimum absolute atomic E-state index is 0.0377. The van der Waals surface area contributed by atoms with Crippen LogP contribution in [0, 0.1) is 12.8 Å². The molecule has 0 unspecified atom stereocenters. The number of aryl methyl sites for hydroxylation is 1. The van der Waals surface area contributed by atoms with E-state index >= 15 is 0 Å². The molecule has 10 rings (SSSR count). The number of nitrogens with one attached hydrogen (secondary N) is 4. The van der Waals surface area contributed by atoms with E-state index in [-0.39, 0.29) is 45.9 Å². The summed E-state index contributed by atoms with van der Waals surface area (Å²) in [5, 5.41) is 20.7. The van der Waals surface area contributed by atoms with Gasteiger partial charge in [0.25, 0.3) is 23.6 Å². The van der Waals surface area contributed by atoms with E-state index < -0.39 is 90.3 Å². The number of ether oxygens (including phenoxy) is 4. The number of imide groups is 1. The number of rotatable bonds is 15. The topological polar surface area (TPSA) is 367 Å². The lowest BCUT2D eigenvalue weighted by Crippen LogP contribution is -2.43. The number of amides is 8. The molecule has 0 spiro atoms. The van der Waals surface area contributed by atoms with E-state index in [2.05, 4.69) is 36.2 Å². The van der Waals surface area contributed by atoms with Gasteiger partial charge in [0, 0.05) is 70.4 Å². The van der Waals surface area contributed by atoms with Crippen molar-refractivity contribution in [3.05, 3.63) is 118 Å². The molecule has 8 N–H and O–H groups in total. The first kappa shape index (κ1) is 60.7. The molecule has 6 atom stereocenters. The van der Waals surface area contributed by atoms with Gasteiger partial charge in [-0.05, 0) is 31.0 Å². The summed E-state index contributed by atoms with van der Waals surface area (Å²) < 4.78 is 22.4. The first-order valence-corrected chi connectivity index (χ1v) is 31.5. The number of urea groups is 1. The molecule has 0 saturated carbocycles. The Hall–Kier alpha value is -8.37. The summed E-state index contributed by atoms with van der Waals surface area (Å²) in [6.45, 7) is 5.81. The molecule has 10 bridgehead atoms. The number of thiazole rings is 6. The number of primary amides is 2. The monoisotopic (exact) mass is 1280 g/mol. The van der Waals surface area contributed by atoms with Gasteiger partial charge in [-0.3, -0.25) is 34.1 Å². The van der Waals surface area contributed by atoms with Crippen molar-refractivity contribution in [1.29, 1.82) is 0 Å². The number of methoxy groups -OCH3 is 1.